The van der Waals surface area contributed by atoms with E-state index in [1.54, 1.807) is 0 Å². The summed E-state index contributed by atoms with van der Waals surface area (Å²) in [4.78, 5) is 2.40. The molecule has 60 valence electrons. The fourth-order valence-electron chi connectivity index (χ4n) is 1.68. The van der Waals surface area contributed by atoms with Gasteiger partial charge in [0.05, 0.1) is 5.37 Å². The Hall–Kier alpha value is 0.310. The van der Waals surface area contributed by atoms with Crippen LogP contribution in [0, 0.1) is 0 Å². The van der Waals surface area contributed by atoms with Crippen LogP contribution in [-0.2, 0) is 0 Å². The van der Waals surface area contributed by atoms with Crippen LogP contribution in [0.2, 0.25) is 0 Å². The molecule has 10 heavy (non-hydrogen) atoms. The molecule has 0 amide bonds. The van der Waals surface area contributed by atoms with E-state index in [1.807, 2.05) is 0 Å². The maximum Gasteiger partial charge on any atom is 0.0527 e. The predicted octanol–water partition coefficient (Wildman–Crippen LogP) is 2.14. The van der Waals surface area contributed by atoms with Crippen molar-refractivity contribution in [2.45, 2.75) is 44.0 Å². The maximum absolute atomic E-state index is 4.50. The molecule has 0 aromatic heterocycles. The second-order valence-corrected chi connectivity index (χ2v) is 3.74. The Morgan fingerprint density at radius 3 is 2.70 bits per heavy atom. The van der Waals surface area contributed by atoms with E-state index >= 15 is 0 Å². The van der Waals surface area contributed by atoms with Crippen LogP contribution in [0.4, 0.5) is 0 Å². The summed E-state index contributed by atoms with van der Waals surface area (Å²) in [7, 11) is 2.19. The Balaban J connectivity index is 2.42. The van der Waals surface area contributed by atoms with Gasteiger partial charge in [-0.05, 0) is 32.7 Å². The average Bonchev–Trinajstić information content (AvgIpc) is 1.95. The van der Waals surface area contributed by atoms with Gasteiger partial charge in [-0.3, -0.25) is 4.90 Å². The quantitative estimate of drug-likeness (QED) is 0.574. The lowest BCUT2D eigenvalue weighted by Gasteiger charge is -2.36. The van der Waals surface area contributed by atoms with Crippen molar-refractivity contribution < 1.29 is 0 Å². The van der Waals surface area contributed by atoms with Gasteiger partial charge in [-0.1, -0.05) is 6.92 Å². The molecule has 0 saturated carbocycles. The lowest BCUT2D eigenvalue weighted by atomic mass is 10.0. The Morgan fingerprint density at radius 2 is 2.20 bits per heavy atom. The van der Waals surface area contributed by atoms with E-state index in [0.29, 0.717) is 5.37 Å². The minimum atomic E-state index is 0.513. The van der Waals surface area contributed by atoms with Crippen LogP contribution < -0.4 is 0 Å². The minimum Gasteiger partial charge on any atom is -0.292 e. The van der Waals surface area contributed by atoms with Gasteiger partial charge < -0.3 is 0 Å². The topological polar surface area (TPSA) is 3.24 Å². The zero-order valence-corrected chi connectivity index (χ0v) is 7.77. The molecule has 2 heteroatoms. The molecule has 0 bridgehead atoms. The molecule has 1 rings (SSSR count). The average molecular weight is 159 g/mol. The van der Waals surface area contributed by atoms with E-state index in [0.717, 1.165) is 6.04 Å². The van der Waals surface area contributed by atoms with Crippen molar-refractivity contribution in [2.24, 2.45) is 0 Å². The van der Waals surface area contributed by atoms with Gasteiger partial charge in [0.15, 0.2) is 0 Å². The molecule has 1 nitrogen and oxygen atoms in total. The van der Waals surface area contributed by atoms with Crippen molar-refractivity contribution in [3.05, 3.63) is 0 Å². The second-order valence-electron chi connectivity index (χ2n) is 3.14. The Kier molecular flexibility index (Phi) is 3.05. The number of likely N-dealkylation sites (tertiary alicyclic amines) is 1. The molecule has 2 unspecified atom stereocenters. The third kappa shape index (κ3) is 1.67. The molecule has 1 fully saturated rings. The molecule has 1 saturated heterocycles. The Bertz CT molecular complexity index is 105. The highest BCUT2D eigenvalue weighted by atomic mass is 32.1. The molecule has 0 radical (unpaired) electrons. The van der Waals surface area contributed by atoms with E-state index in [2.05, 4.69) is 31.5 Å². The molecule has 1 heterocycles. The zero-order valence-electron chi connectivity index (χ0n) is 6.88. The number of piperidine rings is 1. The molecule has 0 spiro atoms. The number of hydrogen-bond donors (Lipinski definition) is 1. The van der Waals surface area contributed by atoms with Gasteiger partial charge in [0.25, 0.3) is 0 Å². The van der Waals surface area contributed by atoms with Gasteiger partial charge >= 0.3 is 0 Å². The van der Waals surface area contributed by atoms with Crippen molar-refractivity contribution in [1.82, 2.24) is 4.90 Å². The van der Waals surface area contributed by atoms with Crippen LogP contribution in [0.5, 0.6) is 0 Å². The number of nitrogens with zero attached hydrogens (tertiary/aromatic N) is 1. The lowest BCUT2D eigenvalue weighted by molar-refractivity contribution is 0.163. The van der Waals surface area contributed by atoms with Gasteiger partial charge in [0.1, 0.15) is 0 Å². The lowest BCUT2D eigenvalue weighted by Crippen LogP contribution is -2.40. The summed E-state index contributed by atoms with van der Waals surface area (Å²) < 4.78 is 0. The van der Waals surface area contributed by atoms with E-state index in [9.17, 15) is 0 Å². The van der Waals surface area contributed by atoms with E-state index < -0.39 is 0 Å². The summed E-state index contributed by atoms with van der Waals surface area (Å²) in [5, 5.41) is 0.513. The van der Waals surface area contributed by atoms with Crippen molar-refractivity contribution in [3.63, 3.8) is 0 Å². The monoisotopic (exact) mass is 159 g/mol. The van der Waals surface area contributed by atoms with Gasteiger partial charge in [0.2, 0.25) is 0 Å². The Morgan fingerprint density at radius 1 is 1.50 bits per heavy atom. The first kappa shape index (κ1) is 8.41. The summed E-state index contributed by atoms with van der Waals surface area (Å²) in [5.41, 5.74) is 0. The van der Waals surface area contributed by atoms with E-state index in [4.69, 9.17) is 0 Å². The molecular formula is C8H17NS. The normalized spacial score (nSPS) is 36.3. The van der Waals surface area contributed by atoms with Gasteiger partial charge in [-0.2, -0.15) is 12.6 Å². The van der Waals surface area contributed by atoms with Crippen LogP contribution >= 0.6 is 12.6 Å². The van der Waals surface area contributed by atoms with Crippen LogP contribution in [0.15, 0.2) is 0 Å². The molecule has 0 aromatic carbocycles. The van der Waals surface area contributed by atoms with E-state index in [1.165, 1.54) is 25.7 Å². The molecule has 0 N–H and O–H groups in total. The summed E-state index contributed by atoms with van der Waals surface area (Å²) in [6.45, 7) is 2.26. The van der Waals surface area contributed by atoms with Crippen LogP contribution in [0.1, 0.15) is 32.6 Å². The van der Waals surface area contributed by atoms with Gasteiger partial charge in [-0.15, -0.1) is 0 Å². The van der Waals surface area contributed by atoms with Crippen molar-refractivity contribution in [3.8, 4) is 0 Å². The second kappa shape index (κ2) is 3.63. The first-order valence-electron chi connectivity index (χ1n) is 4.15. The maximum atomic E-state index is 4.50. The highest BCUT2D eigenvalue weighted by molar-refractivity contribution is 7.80. The van der Waals surface area contributed by atoms with Crippen LogP contribution in [0.25, 0.3) is 0 Å². The molecular weight excluding hydrogens is 142 g/mol. The molecule has 1 aliphatic rings. The Labute approximate surface area is 69.2 Å². The third-order valence-electron chi connectivity index (χ3n) is 2.52. The molecule has 2 atom stereocenters. The van der Waals surface area contributed by atoms with Crippen molar-refractivity contribution in [1.29, 1.82) is 0 Å². The van der Waals surface area contributed by atoms with E-state index in [-0.39, 0.29) is 0 Å². The fourth-order valence-corrected chi connectivity index (χ4v) is 2.05. The minimum absolute atomic E-state index is 0.513. The van der Waals surface area contributed by atoms with Crippen LogP contribution in [0.3, 0.4) is 0 Å². The molecule has 0 aromatic rings. The predicted molar refractivity (Wildman–Crippen MR) is 48.5 cm³/mol. The smallest absolute Gasteiger partial charge is 0.0527 e. The van der Waals surface area contributed by atoms with Crippen LogP contribution in [-0.4, -0.2) is 23.4 Å². The number of thiol groups is 1. The summed E-state index contributed by atoms with van der Waals surface area (Å²) >= 11 is 4.50. The fraction of sp³-hybridized carbons (Fsp3) is 1.00. The van der Waals surface area contributed by atoms with Crippen molar-refractivity contribution in [2.75, 3.05) is 7.05 Å². The number of rotatable bonds is 1. The summed E-state index contributed by atoms with van der Waals surface area (Å²) in [5.74, 6) is 0. The third-order valence-corrected chi connectivity index (χ3v) is 3.14. The van der Waals surface area contributed by atoms with Gasteiger partial charge in [-0.25, -0.2) is 0 Å². The molecule has 0 aliphatic carbocycles. The summed E-state index contributed by atoms with van der Waals surface area (Å²) in [6.07, 6.45) is 5.25. The highest BCUT2D eigenvalue weighted by Crippen LogP contribution is 2.24. The van der Waals surface area contributed by atoms with Crippen molar-refractivity contribution >= 4 is 12.6 Å². The first-order chi connectivity index (χ1) is 4.75. The standard InChI is InChI=1S/C8H17NS/c1-3-7-5-4-6-8(10)9(7)2/h7-8,10H,3-6H2,1-2H3. The zero-order chi connectivity index (χ0) is 7.56. The molecule has 1 aliphatic heterocycles. The summed E-state index contributed by atoms with van der Waals surface area (Å²) in [6, 6.07) is 0.788. The highest BCUT2D eigenvalue weighted by Gasteiger charge is 2.22. The number of hydrogen-bond acceptors (Lipinski definition) is 2. The van der Waals surface area contributed by atoms with Gasteiger partial charge in [0, 0.05) is 6.04 Å². The largest absolute Gasteiger partial charge is 0.292 e. The first-order valence-corrected chi connectivity index (χ1v) is 4.67. The SMILES string of the molecule is CCC1CCCC(S)N1C.